The highest BCUT2D eigenvalue weighted by Crippen LogP contribution is 2.24. The van der Waals surface area contributed by atoms with E-state index in [1.807, 2.05) is 12.1 Å². The Balaban J connectivity index is 2.15. The number of nitrogens with two attached hydrogens (primary N) is 1. The zero-order valence-electron chi connectivity index (χ0n) is 11.4. The van der Waals surface area contributed by atoms with E-state index in [1.165, 1.54) is 5.56 Å². The molecular formula is C14H19N5. The van der Waals surface area contributed by atoms with Gasteiger partial charge in [-0.3, -0.25) is 4.98 Å². The molecule has 1 aromatic carbocycles. The summed E-state index contributed by atoms with van der Waals surface area (Å²) in [5.74, 6) is 6.48. The maximum Gasteiger partial charge on any atom is 0.160 e. The fourth-order valence-electron chi connectivity index (χ4n) is 1.70. The highest BCUT2D eigenvalue weighted by Gasteiger charge is 2.12. The van der Waals surface area contributed by atoms with E-state index in [1.54, 1.807) is 12.4 Å². The number of rotatable bonds is 3. The number of anilines is 3. The lowest BCUT2D eigenvalue weighted by atomic mass is 9.87. The lowest BCUT2D eigenvalue weighted by Crippen LogP contribution is -2.11. The number of nitrogens with one attached hydrogen (secondary N) is 2. The van der Waals surface area contributed by atoms with E-state index < -0.39 is 0 Å². The Morgan fingerprint density at radius 3 is 2.21 bits per heavy atom. The Hall–Kier alpha value is -2.14. The second-order valence-corrected chi connectivity index (χ2v) is 5.39. The minimum Gasteiger partial charge on any atom is -0.339 e. The average molecular weight is 257 g/mol. The second kappa shape index (κ2) is 5.24. The SMILES string of the molecule is CC(C)(C)c1ccc(Nc2cncc(NN)n2)cc1. The molecule has 19 heavy (non-hydrogen) atoms. The molecule has 0 amide bonds. The molecule has 5 nitrogen and oxygen atoms in total. The molecule has 0 aliphatic heterocycles. The monoisotopic (exact) mass is 257 g/mol. The number of aromatic nitrogens is 2. The molecule has 0 atom stereocenters. The van der Waals surface area contributed by atoms with Crippen molar-refractivity contribution < 1.29 is 0 Å². The molecule has 1 heterocycles. The van der Waals surface area contributed by atoms with Crippen molar-refractivity contribution in [3.05, 3.63) is 42.2 Å². The zero-order valence-corrected chi connectivity index (χ0v) is 11.4. The topological polar surface area (TPSA) is 75.9 Å². The van der Waals surface area contributed by atoms with Crippen molar-refractivity contribution in [2.45, 2.75) is 26.2 Å². The molecule has 1 aromatic heterocycles. The first kappa shape index (κ1) is 13.3. The van der Waals surface area contributed by atoms with Gasteiger partial charge < -0.3 is 10.7 Å². The molecule has 2 aromatic rings. The van der Waals surface area contributed by atoms with Gasteiger partial charge in [-0.05, 0) is 23.1 Å². The van der Waals surface area contributed by atoms with E-state index in [2.05, 4.69) is 53.6 Å². The highest BCUT2D eigenvalue weighted by molar-refractivity contribution is 5.57. The number of hydrogen-bond acceptors (Lipinski definition) is 5. The predicted octanol–water partition coefficient (Wildman–Crippen LogP) is 2.80. The molecular weight excluding hydrogens is 238 g/mol. The molecule has 0 unspecified atom stereocenters. The molecule has 0 saturated carbocycles. The Morgan fingerprint density at radius 2 is 1.63 bits per heavy atom. The molecule has 0 spiro atoms. The van der Waals surface area contributed by atoms with Gasteiger partial charge in [0.1, 0.15) is 0 Å². The van der Waals surface area contributed by atoms with Gasteiger partial charge in [-0.15, -0.1) is 0 Å². The van der Waals surface area contributed by atoms with E-state index in [0.717, 1.165) is 5.69 Å². The summed E-state index contributed by atoms with van der Waals surface area (Å²) in [7, 11) is 0. The van der Waals surface area contributed by atoms with E-state index in [0.29, 0.717) is 11.6 Å². The molecule has 0 fully saturated rings. The van der Waals surface area contributed by atoms with Crippen LogP contribution in [0.15, 0.2) is 36.7 Å². The second-order valence-electron chi connectivity index (χ2n) is 5.39. The lowest BCUT2D eigenvalue weighted by Gasteiger charge is -2.19. The maximum atomic E-state index is 5.30. The molecule has 0 aliphatic rings. The summed E-state index contributed by atoms with van der Waals surface area (Å²) >= 11 is 0. The normalized spacial score (nSPS) is 11.2. The van der Waals surface area contributed by atoms with Crippen LogP contribution in [0, 0.1) is 0 Å². The van der Waals surface area contributed by atoms with Gasteiger partial charge in [0.2, 0.25) is 0 Å². The summed E-state index contributed by atoms with van der Waals surface area (Å²) in [5.41, 5.74) is 4.89. The van der Waals surface area contributed by atoms with Crippen LogP contribution in [0.1, 0.15) is 26.3 Å². The van der Waals surface area contributed by atoms with Crippen molar-refractivity contribution in [1.29, 1.82) is 0 Å². The van der Waals surface area contributed by atoms with Crippen LogP contribution in [0.4, 0.5) is 17.3 Å². The fourth-order valence-corrected chi connectivity index (χ4v) is 1.70. The first-order valence-electron chi connectivity index (χ1n) is 6.15. The number of nitrogen functional groups attached to an aromatic ring is 1. The predicted molar refractivity (Wildman–Crippen MR) is 78.3 cm³/mol. The van der Waals surface area contributed by atoms with Crippen LogP contribution in [0.2, 0.25) is 0 Å². The summed E-state index contributed by atoms with van der Waals surface area (Å²) in [6.07, 6.45) is 3.21. The van der Waals surface area contributed by atoms with Crippen molar-refractivity contribution in [2.24, 2.45) is 5.84 Å². The van der Waals surface area contributed by atoms with Gasteiger partial charge in [0.05, 0.1) is 12.4 Å². The fraction of sp³-hybridized carbons (Fsp3) is 0.286. The first-order chi connectivity index (χ1) is 8.99. The number of nitrogens with zero attached hydrogens (tertiary/aromatic N) is 2. The van der Waals surface area contributed by atoms with Crippen LogP contribution in [-0.4, -0.2) is 9.97 Å². The van der Waals surface area contributed by atoms with E-state index in [9.17, 15) is 0 Å². The van der Waals surface area contributed by atoms with Crippen LogP contribution in [0.3, 0.4) is 0 Å². The van der Waals surface area contributed by atoms with Crippen molar-refractivity contribution in [3.8, 4) is 0 Å². The summed E-state index contributed by atoms with van der Waals surface area (Å²) < 4.78 is 0. The maximum absolute atomic E-state index is 5.30. The standard InChI is InChI=1S/C14H19N5/c1-14(2,3)10-4-6-11(7-5-10)17-12-8-16-9-13(18-12)19-15/h4-9H,15H2,1-3H3,(H2,17,18,19). The van der Waals surface area contributed by atoms with E-state index in [4.69, 9.17) is 5.84 Å². The molecule has 2 rings (SSSR count). The van der Waals surface area contributed by atoms with E-state index in [-0.39, 0.29) is 5.41 Å². The molecule has 0 aliphatic carbocycles. The van der Waals surface area contributed by atoms with Gasteiger partial charge >= 0.3 is 0 Å². The number of hydrazine groups is 1. The van der Waals surface area contributed by atoms with Crippen molar-refractivity contribution in [1.82, 2.24) is 9.97 Å². The Bertz CT molecular complexity index is 543. The third-order valence-corrected chi connectivity index (χ3v) is 2.81. The largest absolute Gasteiger partial charge is 0.339 e. The van der Waals surface area contributed by atoms with Gasteiger partial charge in [0, 0.05) is 5.69 Å². The van der Waals surface area contributed by atoms with Crippen LogP contribution in [0.5, 0.6) is 0 Å². The molecule has 4 N–H and O–H groups in total. The molecule has 0 bridgehead atoms. The number of benzene rings is 1. The Labute approximate surface area is 113 Å². The first-order valence-corrected chi connectivity index (χ1v) is 6.15. The van der Waals surface area contributed by atoms with Crippen molar-refractivity contribution >= 4 is 17.3 Å². The molecule has 5 heteroatoms. The minimum absolute atomic E-state index is 0.154. The average Bonchev–Trinajstić information content (AvgIpc) is 2.38. The van der Waals surface area contributed by atoms with Gasteiger partial charge in [-0.1, -0.05) is 32.9 Å². The van der Waals surface area contributed by atoms with Crippen molar-refractivity contribution in [3.63, 3.8) is 0 Å². The van der Waals surface area contributed by atoms with Gasteiger partial charge in [-0.25, -0.2) is 10.8 Å². The minimum atomic E-state index is 0.154. The van der Waals surface area contributed by atoms with Crippen LogP contribution >= 0.6 is 0 Å². The van der Waals surface area contributed by atoms with Gasteiger partial charge in [-0.2, -0.15) is 0 Å². The smallest absolute Gasteiger partial charge is 0.160 e. The number of hydrogen-bond donors (Lipinski definition) is 3. The third kappa shape index (κ3) is 3.42. The molecule has 0 radical (unpaired) electrons. The Morgan fingerprint density at radius 1 is 1.00 bits per heavy atom. The van der Waals surface area contributed by atoms with Crippen LogP contribution in [-0.2, 0) is 5.41 Å². The third-order valence-electron chi connectivity index (χ3n) is 2.81. The molecule has 0 saturated heterocycles. The summed E-state index contributed by atoms with van der Waals surface area (Å²) in [5, 5.41) is 3.19. The quantitative estimate of drug-likeness (QED) is 0.582. The summed E-state index contributed by atoms with van der Waals surface area (Å²) in [6, 6.07) is 8.29. The van der Waals surface area contributed by atoms with Gasteiger partial charge in [0.25, 0.3) is 0 Å². The van der Waals surface area contributed by atoms with Gasteiger partial charge in [0.15, 0.2) is 11.6 Å². The Kier molecular flexibility index (Phi) is 3.66. The zero-order chi connectivity index (χ0) is 13.9. The van der Waals surface area contributed by atoms with E-state index >= 15 is 0 Å². The molecule has 100 valence electrons. The van der Waals surface area contributed by atoms with Crippen LogP contribution < -0.4 is 16.6 Å². The lowest BCUT2D eigenvalue weighted by molar-refractivity contribution is 0.590. The summed E-state index contributed by atoms with van der Waals surface area (Å²) in [6.45, 7) is 6.58. The summed E-state index contributed by atoms with van der Waals surface area (Å²) in [4.78, 5) is 8.29. The van der Waals surface area contributed by atoms with Crippen LogP contribution in [0.25, 0.3) is 0 Å². The van der Waals surface area contributed by atoms with Crippen molar-refractivity contribution in [2.75, 3.05) is 10.7 Å². The highest BCUT2D eigenvalue weighted by atomic mass is 15.3.